The molecule has 0 radical (unpaired) electrons. The number of halogens is 2. The number of primary amides is 1. The first-order valence-electron chi connectivity index (χ1n) is 9.96. The molecule has 0 fully saturated rings. The number of nitrogens with two attached hydrogens (primary N) is 1. The Kier molecular flexibility index (Phi) is 6.05. The van der Waals surface area contributed by atoms with Crippen LogP contribution >= 0.6 is 0 Å². The van der Waals surface area contributed by atoms with Crippen LogP contribution in [0, 0.1) is 18.6 Å². The van der Waals surface area contributed by atoms with Crippen LogP contribution in [-0.2, 0) is 21.2 Å². The molecule has 33 heavy (non-hydrogen) atoms. The molecule has 0 aliphatic carbocycles. The molecule has 1 aliphatic rings. The molecule has 0 saturated heterocycles. The van der Waals surface area contributed by atoms with Gasteiger partial charge in [-0.3, -0.25) is 0 Å². The molecule has 2 N–H and O–H groups in total. The highest BCUT2D eigenvalue weighted by Gasteiger charge is 2.41. The smallest absolute Gasteiger partial charge is 0.406 e. The van der Waals surface area contributed by atoms with Gasteiger partial charge in [0, 0.05) is 12.1 Å². The van der Waals surface area contributed by atoms with Crippen molar-refractivity contribution in [1.82, 2.24) is 4.31 Å². The Morgan fingerprint density at radius 2 is 1.61 bits per heavy atom. The Labute approximate surface area is 189 Å². The van der Waals surface area contributed by atoms with E-state index in [9.17, 15) is 22.0 Å². The number of fused-ring (bicyclic) bond motifs is 1. The topological polar surface area (TPSA) is 98.9 Å². The lowest BCUT2D eigenvalue weighted by molar-refractivity contribution is 0.0268. The number of ether oxygens (including phenoxy) is 2. The Morgan fingerprint density at radius 1 is 1.00 bits per heavy atom. The van der Waals surface area contributed by atoms with Crippen LogP contribution in [0.1, 0.15) is 22.9 Å². The SMILES string of the molecule is Cc1ccc(F)c2c1CCN(S(=O)(=O)c1ccc(Oc3ccc(F)cc3)cc1)C2OC(N)=O. The van der Waals surface area contributed by atoms with Gasteiger partial charge in [0.1, 0.15) is 23.1 Å². The second kappa shape index (κ2) is 8.80. The summed E-state index contributed by atoms with van der Waals surface area (Å²) in [6, 6.07) is 13.6. The molecule has 1 heterocycles. The Balaban J connectivity index is 1.65. The first-order valence-corrected chi connectivity index (χ1v) is 11.4. The highest BCUT2D eigenvalue weighted by Crippen LogP contribution is 2.38. The van der Waals surface area contributed by atoms with E-state index in [0.29, 0.717) is 17.1 Å². The third-order valence-corrected chi connectivity index (χ3v) is 7.20. The summed E-state index contributed by atoms with van der Waals surface area (Å²) in [5.41, 5.74) is 6.48. The largest absolute Gasteiger partial charge is 0.457 e. The predicted octanol–water partition coefficient (Wildman–Crippen LogP) is 4.41. The zero-order valence-corrected chi connectivity index (χ0v) is 18.3. The van der Waals surface area contributed by atoms with Gasteiger partial charge in [-0.2, -0.15) is 4.31 Å². The van der Waals surface area contributed by atoms with E-state index in [1.807, 2.05) is 0 Å². The monoisotopic (exact) mass is 474 g/mol. The summed E-state index contributed by atoms with van der Waals surface area (Å²) in [4.78, 5) is 11.4. The quantitative estimate of drug-likeness (QED) is 0.591. The highest BCUT2D eigenvalue weighted by molar-refractivity contribution is 7.89. The summed E-state index contributed by atoms with van der Waals surface area (Å²) >= 11 is 0. The highest BCUT2D eigenvalue weighted by atomic mass is 32.2. The van der Waals surface area contributed by atoms with Gasteiger partial charge in [-0.1, -0.05) is 6.07 Å². The second-order valence-electron chi connectivity index (χ2n) is 7.44. The Morgan fingerprint density at radius 3 is 2.21 bits per heavy atom. The van der Waals surface area contributed by atoms with Crippen molar-refractivity contribution in [1.29, 1.82) is 0 Å². The van der Waals surface area contributed by atoms with Crippen molar-refractivity contribution >= 4 is 16.1 Å². The van der Waals surface area contributed by atoms with Gasteiger partial charge in [0.25, 0.3) is 0 Å². The molecule has 1 aliphatic heterocycles. The molecule has 3 aromatic rings. The number of hydrogen-bond donors (Lipinski definition) is 1. The van der Waals surface area contributed by atoms with Crippen LogP contribution < -0.4 is 10.5 Å². The fraction of sp³-hybridized carbons (Fsp3) is 0.174. The van der Waals surface area contributed by atoms with Gasteiger partial charge < -0.3 is 15.2 Å². The maximum atomic E-state index is 14.7. The minimum absolute atomic E-state index is 0.0279. The lowest BCUT2D eigenvalue weighted by Crippen LogP contribution is -2.43. The van der Waals surface area contributed by atoms with Gasteiger partial charge in [0.05, 0.1) is 4.90 Å². The van der Waals surface area contributed by atoms with E-state index in [2.05, 4.69) is 0 Å². The van der Waals surface area contributed by atoms with Gasteiger partial charge >= 0.3 is 6.09 Å². The van der Waals surface area contributed by atoms with Crippen molar-refractivity contribution in [2.75, 3.05) is 6.54 Å². The minimum Gasteiger partial charge on any atom is -0.457 e. The first kappa shape index (κ1) is 22.7. The molecule has 1 amide bonds. The third kappa shape index (κ3) is 4.53. The van der Waals surface area contributed by atoms with Crippen LogP contribution in [0.5, 0.6) is 11.5 Å². The van der Waals surface area contributed by atoms with E-state index in [4.69, 9.17) is 15.2 Å². The second-order valence-corrected chi connectivity index (χ2v) is 9.33. The van der Waals surface area contributed by atoms with E-state index in [0.717, 1.165) is 9.87 Å². The molecular formula is C23H20F2N2O5S. The third-order valence-electron chi connectivity index (χ3n) is 5.34. The summed E-state index contributed by atoms with van der Waals surface area (Å²) in [6.07, 6.45) is -2.52. The molecule has 10 heteroatoms. The molecule has 7 nitrogen and oxygen atoms in total. The summed E-state index contributed by atoms with van der Waals surface area (Å²) in [6.45, 7) is 1.73. The van der Waals surface area contributed by atoms with Crippen LogP contribution in [0.4, 0.5) is 13.6 Å². The molecule has 0 spiro atoms. The van der Waals surface area contributed by atoms with Crippen molar-refractivity contribution in [2.45, 2.75) is 24.5 Å². The van der Waals surface area contributed by atoms with Crippen molar-refractivity contribution < 1.29 is 31.5 Å². The summed E-state index contributed by atoms with van der Waals surface area (Å²) in [5, 5.41) is 0. The lowest BCUT2D eigenvalue weighted by atomic mass is 9.94. The van der Waals surface area contributed by atoms with Crippen LogP contribution in [0.25, 0.3) is 0 Å². The molecule has 1 unspecified atom stereocenters. The van der Waals surface area contributed by atoms with Gasteiger partial charge in [0.2, 0.25) is 10.0 Å². The number of benzene rings is 3. The Bertz CT molecular complexity index is 1300. The molecule has 1 atom stereocenters. The molecule has 4 rings (SSSR count). The van der Waals surface area contributed by atoms with E-state index in [-0.39, 0.29) is 23.4 Å². The van der Waals surface area contributed by atoms with E-state index < -0.39 is 34.0 Å². The average molecular weight is 474 g/mol. The molecular weight excluding hydrogens is 454 g/mol. The number of sulfonamides is 1. The van der Waals surface area contributed by atoms with Gasteiger partial charge in [-0.25, -0.2) is 22.0 Å². The Hall–Kier alpha value is -3.50. The predicted molar refractivity (Wildman–Crippen MR) is 115 cm³/mol. The average Bonchev–Trinajstić information content (AvgIpc) is 2.78. The van der Waals surface area contributed by atoms with Crippen molar-refractivity contribution in [3.63, 3.8) is 0 Å². The standard InChI is InChI=1S/C23H20F2N2O5S/c1-14-2-11-20(25)21-19(14)12-13-27(22(21)32-23(26)28)33(29,30)18-9-7-17(8-10-18)31-16-5-3-15(24)4-6-16/h2-11,22H,12-13H2,1H3,(H2,26,28). The van der Waals surface area contributed by atoms with Crippen LogP contribution in [0.3, 0.4) is 0 Å². The van der Waals surface area contributed by atoms with Crippen LogP contribution in [0.2, 0.25) is 0 Å². The molecule has 3 aromatic carbocycles. The van der Waals surface area contributed by atoms with Crippen LogP contribution in [0.15, 0.2) is 65.6 Å². The fourth-order valence-corrected chi connectivity index (χ4v) is 5.24. The van der Waals surface area contributed by atoms with Gasteiger partial charge in [0.15, 0.2) is 6.23 Å². The van der Waals surface area contributed by atoms with Crippen molar-refractivity contribution in [3.8, 4) is 11.5 Å². The van der Waals surface area contributed by atoms with E-state index in [1.54, 1.807) is 13.0 Å². The summed E-state index contributed by atoms with van der Waals surface area (Å²) < 4.78 is 66.1. The fourth-order valence-electron chi connectivity index (χ4n) is 3.75. The van der Waals surface area contributed by atoms with Crippen molar-refractivity contribution in [3.05, 3.63) is 89.0 Å². The zero-order chi connectivity index (χ0) is 23.8. The van der Waals surface area contributed by atoms with Crippen LogP contribution in [-0.4, -0.2) is 25.4 Å². The first-order chi connectivity index (χ1) is 15.7. The minimum atomic E-state index is -4.20. The molecule has 0 aromatic heterocycles. The number of amides is 1. The number of nitrogens with zero attached hydrogens (tertiary/aromatic N) is 1. The van der Waals surface area contributed by atoms with E-state index in [1.165, 1.54) is 54.6 Å². The van der Waals surface area contributed by atoms with Crippen molar-refractivity contribution in [2.24, 2.45) is 5.73 Å². The number of rotatable bonds is 5. The summed E-state index contributed by atoms with van der Waals surface area (Å²) in [5.74, 6) is -0.396. The summed E-state index contributed by atoms with van der Waals surface area (Å²) in [7, 11) is -4.20. The molecule has 0 saturated carbocycles. The van der Waals surface area contributed by atoms with Gasteiger partial charge in [-0.15, -0.1) is 0 Å². The molecule has 0 bridgehead atoms. The maximum Gasteiger partial charge on any atom is 0.406 e. The normalized spacial score (nSPS) is 16.2. The zero-order valence-electron chi connectivity index (χ0n) is 17.5. The molecule has 172 valence electrons. The number of aryl methyl sites for hydroxylation is 1. The van der Waals surface area contributed by atoms with E-state index >= 15 is 0 Å². The maximum absolute atomic E-state index is 14.7. The number of hydrogen-bond acceptors (Lipinski definition) is 5. The number of carbonyl (C=O) groups excluding carboxylic acids is 1. The van der Waals surface area contributed by atoms with Gasteiger partial charge in [-0.05, 0) is 79.1 Å². The number of carbonyl (C=O) groups is 1. The lowest BCUT2D eigenvalue weighted by Gasteiger charge is -2.35.